The topological polar surface area (TPSA) is 55.6 Å². The highest BCUT2D eigenvalue weighted by Gasteiger charge is 2.39. The first kappa shape index (κ1) is 13.8. The molecule has 4 nitrogen and oxygen atoms in total. The van der Waals surface area contributed by atoms with E-state index in [1.165, 1.54) is 6.42 Å². The van der Waals surface area contributed by atoms with Crippen LogP contribution in [0.2, 0.25) is 0 Å². The minimum absolute atomic E-state index is 0.0685. The van der Waals surface area contributed by atoms with E-state index in [2.05, 4.69) is 6.92 Å². The largest absolute Gasteiger partial charge is 0.377 e. The number of rotatable bonds is 4. The summed E-state index contributed by atoms with van der Waals surface area (Å²) in [7, 11) is 1.95. The zero-order valence-electron chi connectivity index (χ0n) is 11.6. The van der Waals surface area contributed by atoms with Crippen molar-refractivity contribution in [2.45, 2.75) is 51.2 Å². The molecular weight excluding hydrogens is 228 g/mol. The number of hydrogen-bond donors (Lipinski definition) is 1. The number of carbonyl (C=O) groups is 1. The predicted molar refractivity (Wildman–Crippen MR) is 71.1 cm³/mol. The third kappa shape index (κ3) is 2.54. The average Bonchev–Trinajstić information content (AvgIpc) is 3.04. The van der Waals surface area contributed by atoms with Crippen LogP contribution in [0.3, 0.4) is 0 Å². The lowest BCUT2D eigenvalue weighted by Crippen LogP contribution is -2.45. The molecular formula is C14H26N2O2. The van der Waals surface area contributed by atoms with Crippen molar-refractivity contribution in [1.82, 2.24) is 4.90 Å². The van der Waals surface area contributed by atoms with Gasteiger partial charge in [-0.2, -0.15) is 0 Å². The molecule has 0 bridgehead atoms. The maximum Gasteiger partial charge on any atom is 0.228 e. The molecule has 1 heterocycles. The molecule has 4 heteroatoms. The Morgan fingerprint density at radius 2 is 2.17 bits per heavy atom. The molecule has 2 aliphatic rings. The highest BCUT2D eigenvalue weighted by Crippen LogP contribution is 2.32. The van der Waals surface area contributed by atoms with Crippen molar-refractivity contribution in [2.24, 2.45) is 17.6 Å². The van der Waals surface area contributed by atoms with Gasteiger partial charge in [-0.25, -0.2) is 0 Å². The Morgan fingerprint density at radius 3 is 2.83 bits per heavy atom. The van der Waals surface area contributed by atoms with Crippen molar-refractivity contribution in [3.05, 3.63) is 0 Å². The molecule has 1 saturated carbocycles. The normalized spacial score (nSPS) is 35.9. The van der Waals surface area contributed by atoms with Gasteiger partial charge in [0.1, 0.15) is 0 Å². The van der Waals surface area contributed by atoms with Gasteiger partial charge in [-0.05, 0) is 38.1 Å². The first-order valence-corrected chi connectivity index (χ1v) is 7.27. The molecule has 2 rings (SSSR count). The first-order valence-electron chi connectivity index (χ1n) is 7.27. The Hall–Kier alpha value is -0.610. The van der Waals surface area contributed by atoms with Crippen LogP contribution >= 0.6 is 0 Å². The van der Waals surface area contributed by atoms with Crippen LogP contribution in [0.4, 0.5) is 0 Å². The summed E-state index contributed by atoms with van der Waals surface area (Å²) in [5, 5.41) is 0. The van der Waals surface area contributed by atoms with E-state index < -0.39 is 0 Å². The van der Waals surface area contributed by atoms with Gasteiger partial charge in [0.25, 0.3) is 0 Å². The van der Waals surface area contributed by atoms with Gasteiger partial charge in [0.2, 0.25) is 5.91 Å². The number of nitrogens with two attached hydrogens (primary N) is 1. The number of amides is 1. The van der Waals surface area contributed by atoms with Crippen LogP contribution in [0.5, 0.6) is 0 Å². The van der Waals surface area contributed by atoms with Crippen molar-refractivity contribution in [3.8, 4) is 0 Å². The third-order valence-corrected chi connectivity index (χ3v) is 4.70. The summed E-state index contributed by atoms with van der Waals surface area (Å²) in [5.74, 6) is 0.824. The Labute approximate surface area is 110 Å². The fraction of sp³-hybridized carbons (Fsp3) is 0.929. The highest BCUT2D eigenvalue weighted by atomic mass is 16.5. The van der Waals surface area contributed by atoms with Crippen molar-refractivity contribution in [1.29, 1.82) is 0 Å². The monoisotopic (exact) mass is 254 g/mol. The summed E-state index contributed by atoms with van der Waals surface area (Å²) in [6, 6.07) is 0.348. The van der Waals surface area contributed by atoms with Crippen molar-refractivity contribution >= 4 is 5.91 Å². The van der Waals surface area contributed by atoms with Crippen LogP contribution < -0.4 is 5.73 Å². The Morgan fingerprint density at radius 1 is 1.39 bits per heavy atom. The quantitative estimate of drug-likeness (QED) is 0.825. The lowest BCUT2D eigenvalue weighted by Gasteiger charge is -2.32. The van der Waals surface area contributed by atoms with Gasteiger partial charge in [-0.15, -0.1) is 0 Å². The van der Waals surface area contributed by atoms with E-state index in [9.17, 15) is 4.79 Å². The van der Waals surface area contributed by atoms with Gasteiger partial charge in [0.15, 0.2) is 0 Å². The zero-order chi connectivity index (χ0) is 13.1. The summed E-state index contributed by atoms with van der Waals surface area (Å²) in [5.41, 5.74) is 5.81. The predicted octanol–water partition coefficient (Wildman–Crippen LogP) is 1.39. The summed E-state index contributed by atoms with van der Waals surface area (Å²) >= 11 is 0. The molecule has 4 unspecified atom stereocenters. The van der Waals surface area contributed by atoms with E-state index in [-0.39, 0.29) is 17.9 Å². The van der Waals surface area contributed by atoms with Gasteiger partial charge in [0, 0.05) is 19.7 Å². The molecule has 2 fully saturated rings. The molecule has 0 spiro atoms. The Bertz CT molecular complexity index is 296. The third-order valence-electron chi connectivity index (χ3n) is 4.70. The minimum Gasteiger partial charge on any atom is -0.377 e. The molecule has 1 amide bonds. The second-order valence-corrected chi connectivity index (χ2v) is 5.66. The molecule has 1 aliphatic heterocycles. The molecule has 0 aromatic rings. The summed E-state index contributed by atoms with van der Waals surface area (Å²) < 4.78 is 5.63. The molecule has 1 saturated heterocycles. The van der Waals surface area contributed by atoms with Crippen LogP contribution in [0.1, 0.15) is 39.0 Å². The summed E-state index contributed by atoms with van der Waals surface area (Å²) in [6.45, 7) is 3.52. The fourth-order valence-corrected chi connectivity index (χ4v) is 3.56. The summed E-state index contributed by atoms with van der Waals surface area (Å²) in [6.07, 6.45) is 5.39. The lowest BCUT2D eigenvalue weighted by atomic mass is 9.95. The fourth-order valence-electron chi connectivity index (χ4n) is 3.56. The van der Waals surface area contributed by atoms with Crippen molar-refractivity contribution in [3.63, 3.8) is 0 Å². The SMILES string of the molecule is CCC1OCCC1C(=O)N(C)C1CCCC1CN. The van der Waals surface area contributed by atoms with E-state index in [1.54, 1.807) is 0 Å². The number of nitrogens with zero attached hydrogens (tertiary/aromatic N) is 1. The van der Waals surface area contributed by atoms with Crippen molar-refractivity contribution in [2.75, 3.05) is 20.2 Å². The van der Waals surface area contributed by atoms with Gasteiger partial charge >= 0.3 is 0 Å². The molecule has 0 radical (unpaired) electrons. The lowest BCUT2D eigenvalue weighted by molar-refractivity contribution is -0.138. The van der Waals surface area contributed by atoms with Gasteiger partial charge in [-0.3, -0.25) is 4.79 Å². The van der Waals surface area contributed by atoms with E-state index in [1.807, 2.05) is 11.9 Å². The standard InChI is InChI=1S/C14H26N2O2/c1-3-13-11(7-8-18-13)14(17)16(2)12-6-4-5-10(12)9-15/h10-13H,3-9,15H2,1-2H3. The van der Waals surface area contributed by atoms with Crippen LogP contribution in [-0.2, 0) is 9.53 Å². The Balaban J connectivity index is 1.99. The second-order valence-electron chi connectivity index (χ2n) is 5.66. The maximum atomic E-state index is 12.6. The van der Waals surface area contributed by atoms with Crippen LogP contribution in [0.25, 0.3) is 0 Å². The molecule has 18 heavy (non-hydrogen) atoms. The highest BCUT2D eigenvalue weighted by molar-refractivity contribution is 5.79. The average molecular weight is 254 g/mol. The molecule has 104 valence electrons. The van der Waals surface area contributed by atoms with Gasteiger partial charge in [0.05, 0.1) is 12.0 Å². The minimum atomic E-state index is 0.0685. The van der Waals surface area contributed by atoms with E-state index in [0.717, 1.165) is 32.3 Å². The van der Waals surface area contributed by atoms with E-state index in [4.69, 9.17) is 10.5 Å². The van der Waals surface area contributed by atoms with Crippen LogP contribution in [-0.4, -0.2) is 43.2 Å². The van der Waals surface area contributed by atoms with E-state index in [0.29, 0.717) is 18.5 Å². The number of carbonyl (C=O) groups excluding carboxylic acids is 1. The first-order chi connectivity index (χ1) is 8.69. The number of ether oxygens (including phenoxy) is 1. The van der Waals surface area contributed by atoms with E-state index >= 15 is 0 Å². The van der Waals surface area contributed by atoms with Crippen LogP contribution in [0, 0.1) is 11.8 Å². The van der Waals surface area contributed by atoms with Crippen LogP contribution in [0.15, 0.2) is 0 Å². The number of hydrogen-bond acceptors (Lipinski definition) is 3. The van der Waals surface area contributed by atoms with Crippen molar-refractivity contribution < 1.29 is 9.53 Å². The van der Waals surface area contributed by atoms with Gasteiger partial charge in [-0.1, -0.05) is 13.3 Å². The smallest absolute Gasteiger partial charge is 0.228 e. The second kappa shape index (κ2) is 6.02. The molecule has 2 N–H and O–H groups in total. The molecule has 0 aromatic carbocycles. The molecule has 1 aliphatic carbocycles. The maximum absolute atomic E-state index is 12.6. The molecule has 0 aromatic heterocycles. The zero-order valence-corrected chi connectivity index (χ0v) is 11.6. The van der Waals surface area contributed by atoms with Gasteiger partial charge < -0.3 is 15.4 Å². The molecule has 4 atom stereocenters. The Kier molecular flexibility index (Phi) is 4.62. The summed E-state index contributed by atoms with van der Waals surface area (Å²) in [4.78, 5) is 14.5.